The molecule has 2 heterocycles. The fraction of sp³-hybridized carbons (Fsp3) is 0.606. The molecule has 1 aliphatic carbocycles. The molecule has 0 bridgehead atoms. The molecular formula is C33H42F4N2O2. The van der Waals surface area contributed by atoms with E-state index in [1.54, 1.807) is 24.3 Å². The highest BCUT2D eigenvalue weighted by Crippen LogP contribution is 2.39. The number of nitrogens with zero attached hydrogens (tertiary/aromatic N) is 2. The first-order valence-electron chi connectivity index (χ1n) is 15.3. The lowest BCUT2D eigenvalue weighted by atomic mass is 9.80. The Balaban J connectivity index is 1.13. The molecule has 5 rings (SSSR count). The number of carbonyl (C=O) groups is 1. The lowest BCUT2D eigenvalue weighted by molar-refractivity contribution is -0.144. The van der Waals surface area contributed by atoms with Gasteiger partial charge in [-0.1, -0.05) is 49.9 Å². The number of halogens is 4. The molecule has 1 saturated carbocycles. The van der Waals surface area contributed by atoms with E-state index in [0.29, 0.717) is 24.8 Å². The summed E-state index contributed by atoms with van der Waals surface area (Å²) in [6.45, 7) is 4.23. The first-order chi connectivity index (χ1) is 19.7. The van der Waals surface area contributed by atoms with Crippen molar-refractivity contribution in [2.45, 2.75) is 75.9 Å². The molecule has 8 heteroatoms. The second-order valence-corrected chi connectivity index (χ2v) is 12.6. The van der Waals surface area contributed by atoms with Crippen molar-refractivity contribution in [2.75, 3.05) is 32.7 Å². The summed E-state index contributed by atoms with van der Waals surface area (Å²) in [6, 6.07) is 11.9. The number of carboxylic acid groups (broad SMARTS) is 1. The van der Waals surface area contributed by atoms with Gasteiger partial charge in [0.2, 0.25) is 0 Å². The zero-order valence-corrected chi connectivity index (χ0v) is 23.7. The monoisotopic (exact) mass is 574 g/mol. The summed E-state index contributed by atoms with van der Waals surface area (Å²) < 4.78 is 52.6. The molecule has 3 fully saturated rings. The molecule has 4 nitrogen and oxygen atoms in total. The Kier molecular flexibility index (Phi) is 9.70. The molecule has 3 aliphatic rings. The molecule has 2 saturated heterocycles. The van der Waals surface area contributed by atoms with Gasteiger partial charge >= 0.3 is 12.1 Å². The molecule has 3 atom stereocenters. The minimum atomic E-state index is -4.30. The molecule has 224 valence electrons. The van der Waals surface area contributed by atoms with Crippen molar-refractivity contribution in [2.24, 2.45) is 17.8 Å². The van der Waals surface area contributed by atoms with Crippen molar-refractivity contribution in [3.63, 3.8) is 0 Å². The fourth-order valence-electron chi connectivity index (χ4n) is 7.15. The first-order valence-corrected chi connectivity index (χ1v) is 15.3. The van der Waals surface area contributed by atoms with Gasteiger partial charge in [0, 0.05) is 25.6 Å². The standard InChI is InChI=1S/C33H42F4N2O2/c34-29-9-3-8-26(19-29)30-22-39(31(32(40)41)18-25-6-2-7-25)21-27(30)20-38-16-14-24(15-17-38)5-1-4-23-10-12-28(13-11-23)33(35,36)37/h3,8-13,19,24-25,27,30-31H,1-2,4-7,14-18,20-22H2,(H,40,41). The van der Waals surface area contributed by atoms with Gasteiger partial charge in [-0.2, -0.15) is 13.2 Å². The summed E-state index contributed by atoms with van der Waals surface area (Å²) in [5, 5.41) is 10.1. The summed E-state index contributed by atoms with van der Waals surface area (Å²) in [5.41, 5.74) is 1.31. The molecule has 0 spiro atoms. The number of alkyl halides is 3. The van der Waals surface area contributed by atoms with Crippen LogP contribution >= 0.6 is 0 Å². The molecule has 2 aromatic rings. The van der Waals surface area contributed by atoms with E-state index in [1.807, 2.05) is 6.07 Å². The van der Waals surface area contributed by atoms with Gasteiger partial charge in [0.05, 0.1) is 5.56 Å². The molecule has 0 amide bonds. The second kappa shape index (κ2) is 13.2. The molecule has 2 aromatic carbocycles. The van der Waals surface area contributed by atoms with Gasteiger partial charge in [-0.25, -0.2) is 4.39 Å². The number of piperidine rings is 1. The number of likely N-dealkylation sites (tertiary alicyclic amines) is 2. The number of rotatable bonds is 11. The average Bonchev–Trinajstić information content (AvgIpc) is 3.32. The Bertz CT molecular complexity index is 1140. The van der Waals surface area contributed by atoms with E-state index < -0.39 is 23.8 Å². The molecule has 1 N–H and O–H groups in total. The number of hydrogen-bond acceptors (Lipinski definition) is 3. The van der Waals surface area contributed by atoms with Gasteiger partial charge in [-0.3, -0.25) is 9.69 Å². The lowest BCUT2D eigenvalue weighted by Crippen LogP contribution is -2.43. The number of carboxylic acids is 1. The third-order valence-electron chi connectivity index (χ3n) is 9.81. The van der Waals surface area contributed by atoms with Crippen LogP contribution in [0.4, 0.5) is 17.6 Å². The third-order valence-corrected chi connectivity index (χ3v) is 9.81. The van der Waals surface area contributed by atoms with Gasteiger partial charge < -0.3 is 10.0 Å². The fourth-order valence-corrected chi connectivity index (χ4v) is 7.15. The summed E-state index contributed by atoms with van der Waals surface area (Å²) in [7, 11) is 0. The topological polar surface area (TPSA) is 43.8 Å². The molecular weight excluding hydrogens is 532 g/mol. The van der Waals surface area contributed by atoms with Crippen molar-refractivity contribution in [1.29, 1.82) is 0 Å². The summed E-state index contributed by atoms with van der Waals surface area (Å²) >= 11 is 0. The number of hydrogen-bond donors (Lipinski definition) is 1. The van der Waals surface area contributed by atoms with Crippen LogP contribution in [0.3, 0.4) is 0 Å². The van der Waals surface area contributed by atoms with Crippen LogP contribution in [0.2, 0.25) is 0 Å². The second-order valence-electron chi connectivity index (χ2n) is 12.6. The van der Waals surface area contributed by atoms with Gasteiger partial charge in [-0.15, -0.1) is 0 Å². The number of aliphatic carboxylic acids is 1. The molecule has 0 aromatic heterocycles. The van der Waals surface area contributed by atoms with Crippen LogP contribution in [0.15, 0.2) is 48.5 Å². The van der Waals surface area contributed by atoms with E-state index in [-0.39, 0.29) is 17.7 Å². The van der Waals surface area contributed by atoms with Gasteiger partial charge in [-0.05, 0) is 98.3 Å². The quantitative estimate of drug-likeness (QED) is 0.288. The Morgan fingerprint density at radius 1 is 0.976 bits per heavy atom. The molecule has 0 radical (unpaired) electrons. The minimum absolute atomic E-state index is 0.107. The zero-order valence-electron chi connectivity index (χ0n) is 23.7. The molecule has 3 unspecified atom stereocenters. The zero-order chi connectivity index (χ0) is 29.0. The number of aryl methyl sites for hydroxylation is 1. The van der Waals surface area contributed by atoms with Crippen LogP contribution in [-0.2, 0) is 17.4 Å². The van der Waals surface area contributed by atoms with Crippen molar-refractivity contribution in [3.8, 4) is 0 Å². The maximum absolute atomic E-state index is 14.2. The van der Waals surface area contributed by atoms with Crippen LogP contribution < -0.4 is 0 Å². The van der Waals surface area contributed by atoms with Gasteiger partial charge in [0.1, 0.15) is 11.9 Å². The van der Waals surface area contributed by atoms with E-state index in [0.717, 1.165) is 82.3 Å². The van der Waals surface area contributed by atoms with E-state index in [1.165, 1.54) is 24.6 Å². The Labute approximate surface area is 240 Å². The van der Waals surface area contributed by atoms with E-state index in [4.69, 9.17) is 0 Å². The first kappa shape index (κ1) is 30.0. The van der Waals surface area contributed by atoms with Crippen molar-refractivity contribution in [3.05, 3.63) is 71.0 Å². The minimum Gasteiger partial charge on any atom is -0.480 e. The average molecular weight is 575 g/mol. The summed E-state index contributed by atoms with van der Waals surface area (Å²) in [6.07, 6.45) is 4.84. The van der Waals surface area contributed by atoms with Crippen LogP contribution in [0, 0.1) is 23.6 Å². The van der Waals surface area contributed by atoms with Crippen LogP contribution in [0.5, 0.6) is 0 Å². The molecule has 2 aliphatic heterocycles. The lowest BCUT2D eigenvalue weighted by Gasteiger charge is -2.35. The highest BCUT2D eigenvalue weighted by Gasteiger charge is 2.41. The van der Waals surface area contributed by atoms with E-state index >= 15 is 0 Å². The largest absolute Gasteiger partial charge is 0.480 e. The van der Waals surface area contributed by atoms with Crippen molar-refractivity contribution < 1.29 is 27.5 Å². The normalized spacial score (nSPS) is 23.9. The third kappa shape index (κ3) is 7.89. The highest BCUT2D eigenvalue weighted by atomic mass is 19.4. The molecule has 41 heavy (non-hydrogen) atoms. The van der Waals surface area contributed by atoms with Crippen molar-refractivity contribution >= 4 is 5.97 Å². The Morgan fingerprint density at radius 2 is 1.71 bits per heavy atom. The summed E-state index contributed by atoms with van der Waals surface area (Å²) in [4.78, 5) is 16.9. The Hall–Kier alpha value is -2.45. The van der Waals surface area contributed by atoms with Gasteiger partial charge in [0.15, 0.2) is 0 Å². The predicted octanol–water partition coefficient (Wildman–Crippen LogP) is 7.24. The SMILES string of the molecule is O=C(O)C(CC1CCC1)N1CC(CN2CCC(CCCc3ccc(C(F)(F)F)cc3)CC2)C(c2cccc(F)c2)C1. The number of benzene rings is 2. The van der Waals surface area contributed by atoms with Crippen LogP contribution in [0.25, 0.3) is 0 Å². The van der Waals surface area contributed by atoms with E-state index in [2.05, 4.69) is 9.80 Å². The maximum atomic E-state index is 14.2. The smallest absolute Gasteiger partial charge is 0.416 e. The Morgan fingerprint density at radius 3 is 2.32 bits per heavy atom. The maximum Gasteiger partial charge on any atom is 0.416 e. The predicted molar refractivity (Wildman–Crippen MR) is 151 cm³/mol. The van der Waals surface area contributed by atoms with Crippen molar-refractivity contribution in [1.82, 2.24) is 9.80 Å². The highest BCUT2D eigenvalue weighted by molar-refractivity contribution is 5.73. The summed E-state index contributed by atoms with van der Waals surface area (Å²) in [5.74, 6) is 0.472. The van der Waals surface area contributed by atoms with Gasteiger partial charge in [0.25, 0.3) is 0 Å². The van der Waals surface area contributed by atoms with E-state index in [9.17, 15) is 27.5 Å². The van der Waals surface area contributed by atoms with Crippen LogP contribution in [0.1, 0.15) is 74.0 Å². The van der Waals surface area contributed by atoms with Crippen LogP contribution in [-0.4, -0.2) is 59.6 Å².